The molecule has 3 nitrogen and oxygen atoms in total. The molecule has 0 N–H and O–H groups in total. The van der Waals surface area contributed by atoms with Crippen LogP contribution in [0.1, 0.15) is 6.92 Å². The third-order valence-corrected chi connectivity index (χ3v) is 2.74. The summed E-state index contributed by atoms with van der Waals surface area (Å²) < 4.78 is 41.7. The highest BCUT2D eigenvalue weighted by Gasteiger charge is 2.40. The van der Waals surface area contributed by atoms with Crippen molar-refractivity contribution in [3.05, 3.63) is 0 Å². The number of isothiocyanates is 1. The maximum Gasteiger partial charge on any atom is 0.402 e. The molecule has 1 unspecified atom stereocenters. The lowest BCUT2D eigenvalue weighted by molar-refractivity contribution is -0.139. The molecule has 0 aliphatic rings. The van der Waals surface area contributed by atoms with Crippen LogP contribution >= 0.6 is 24.0 Å². The van der Waals surface area contributed by atoms with Crippen molar-refractivity contribution in [2.75, 3.05) is 18.9 Å². The van der Waals surface area contributed by atoms with Gasteiger partial charge in [0, 0.05) is 0 Å². The molecule has 16 heavy (non-hydrogen) atoms. The fraction of sp³-hybridized carbons (Fsp3) is 0.750. The van der Waals surface area contributed by atoms with Gasteiger partial charge in [0.2, 0.25) is 0 Å². The van der Waals surface area contributed by atoms with Crippen LogP contribution in [0.4, 0.5) is 13.2 Å². The van der Waals surface area contributed by atoms with Gasteiger partial charge in [0.15, 0.2) is 0 Å². The van der Waals surface area contributed by atoms with Gasteiger partial charge in [0.05, 0.1) is 24.1 Å². The summed E-state index contributed by atoms with van der Waals surface area (Å²) >= 11 is 4.62. The number of hydrogen-bond acceptors (Lipinski definition) is 5. The fourth-order valence-electron chi connectivity index (χ4n) is 0.742. The number of aliphatic imine (C=N–C) groups is 1. The number of alkyl halides is 3. The Bertz CT molecular complexity index is 277. The number of carbonyl (C=O) groups excluding carboxylic acids is 1. The van der Waals surface area contributed by atoms with Crippen molar-refractivity contribution in [3.8, 4) is 0 Å². The zero-order valence-corrected chi connectivity index (χ0v) is 10.0. The lowest BCUT2D eigenvalue weighted by Gasteiger charge is -2.16. The largest absolute Gasteiger partial charge is 0.465 e. The third-order valence-electron chi connectivity index (χ3n) is 1.39. The second-order valence-corrected chi connectivity index (χ2v) is 3.95. The van der Waals surface area contributed by atoms with Crippen LogP contribution in [0, 0.1) is 0 Å². The van der Waals surface area contributed by atoms with Gasteiger partial charge in [-0.2, -0.15) is 13.2 Å². The van der Waals surface area contributed by atoms with Crippen LogP contribution in [-0.2, 0) is 9.53 Å². The lowest BCUT2D eigenvalue weighted by Crippen LogP contribution is -2.29. The van der Waals surface area contributed by atoms with Gasteiger partial charge in [-0.1, -0.05) is 0 Å². The van der Waals surface area contributed by atoms with Crippen molar-refractivity contribution in [1.29, 1.82) is 0 Å². The smallest absolute Gasteiger partial charge is 0.402 e. The lowest BCUT2D eigenvalue weighted by atomic mass is 10.4. The molecule has 0 fully saturated rings. The second-order valence-electron chi connectivity index (χ2n) is 2.58. The Morgan fingerprint density at radius 1 is 1.62 bits per heavy atom. The molecule has 0 rings (SSSR count). The molecule has 0 aliphatic carbocycles. The first kappa shape index (κ1) is 15.4. The molecule has 0 saturated heterocycles. The van der Waals surface area contributed by atoms with E-state index in [4.69, 9.17) is 0 Å². The van der Waals surface area contributed by atoms with Gasteiger partial charge in [-0.3, -0.25) is 4.79 Å². The minimum absolute atomic E-state index is 0.147. The van der Waals surface area contributed by atoms with Crippen molar-refractivity contribution in [2.45, 2.75) is 18.3 Å². The topological polar surface area (TPSA) is 38.7 Å². The number of ether oxygens (including phenoxy) is 1. The second kappa shape index (κ2) is 7.65. The quantitative estimate of drug-likeness (QED) is 0.423. The molecular weight excluding hydrogens is 263 g/mol. The van der Waals surface area contributed by atoms with Crippen molar-refractivity contribution >= 4 is 35.1 Å². The molecule has 0 aromatic carbocycles. The maximum absolute atomic E-state index is 12.4. The van der Waals surface area contributed by atoms with E-state index in [-0.39, 0.29) is 12.4 Å². The molecule has 0 amide bonds. The van der Waals surface area contributed by atoms with Crippen LogP contribution in [0.5, 0.6) is 0 Å². The molecule has 92 valence electrons. The van der Waals surface area contributed by atoms with Crippen LogP contribution in [0.3, 0.4) is 0 Å². The first-order valence-corrected chi connectivity index (χ1v) is 5.75. The van der Waals surface area contributed by atoms with Gasteiger partial charge < -0.3 is 4.74 Å². The van der Waals surface area contributed by atoms with Crippen LogP contribution < -0.4 is 0 Å². The monoisotopic (exact) mass is 273 g/mol. The van der Waals surface area contributed by atoms with E-state index in [0.29, 0.717) is 11.8 Å². The Kier molecular flexibility index (Phi) is 7.36. The first-order chi connectivity index (χ1) is 7.41. The minimum atomic E-state index is -4.42. The van der Waals surface area contributed by atoms with Crippen LogP contribution in [0.15, 0.2) is 4.99 Å². The van der Waals surface area contributed by atoms with Gasteiger partial charge in [0.25, 0.3) is 0 Å². The molecule has 0 bridgehead atoms. The molecule has 0 radical (unpaired) electrons. The van der Waals surface area contributed by atoms with E-state index in [1.807, 2.05) is 5.16 Å². The van der Waals surface area contributed by atoms with Crippen molar-refractivity contribution in [2.24, 2.45) is 4.99 Å². The number of thiocarbonyl (C=S) groups is 1. The normalized spacial score (nSPS) is 12.8. The fourth-order valence-corrected chi connectivity index (χ4v) is 1.61. The number of hydrogen-bond donors (Lipinski definition) is 0. The van der Waals surface area contributed by atoms with Gasteiger partial charge in [-0.15, -0.1) is 11.8 Å². The number of rotatable bonds is 6. The third kappa shape index (κ3) is 6.81. The van der Waals surface area contributed by atoms with Crippen molar-refractivity contribution in [1.82, 2.24) is 0 Å². The van der Waals surface area contributed by atoms with Crippen molar-refractivity contribution in [3.63, 3.8) is 0 Å². The van der Waals surface area contributed by atoms with E-state index < -0.39 is 23.9 Å². The molecule has 0 aromatic rings. The highest BCUT2D eigenvalue weighted by atomic mass is 32.2. The highest BCUT2D eigenvalue weighted by molar-refractivity contribution is 8.00. The van der Waals surface area contributed by atoms with Crippen LogP contribution in [0.25, 0.3) is 0 Å². The van der Waals surface area contributed by atoms with Crippen molar-refractivity contribution < 1.29 is 22.7 Å². The van der Waals surface area contributed by atoms with Crippen LogP contribution in [-0.4, -0.2) is 41.5 Å². The molecule has 0 spiro atoms. The molecule has 0 aromatic heterocycles. The van der Waals surface area contributed by atoms with E-state index in [1.54, 1.807) is 6.92 Å². The molecule has 1 atom stereocenters. The minimum Gasteiger partial charge on any atom is -0.465 e. The van der Waals surface area contributed by atoms with E-state index in [1.165, 1.54) is 0 Å². The molecular formula is C8H10F3NO2S2. The van der Waals surface area contributed by atoms with Gasteiger partial charge in [0.1, 0.15) is 5.25 Å². The summed E-state index contributed by atoms with van der Waals surface area (Å²) in [5, 5.41) is 0.105. The Morgan fingerprint density at radius 3 is 2.69 bits per heavy atom. The van der Waals surface area contributed by atoms with Gasteiger partial charge >= 0.3 is 12.1 Å². The maximum atomic E-state index is 12.4. The Labute approximate surface area is 100 Å². The summed E-state index contributed by atoms with van der Waals surface area (Å²) in [5.41, 5.74) is 0. The summed E-state index contributed by atoms with van der Waals surface area (Å²) in [5.74, 6) is -1.03. The SMILES string of the molecule is CCOC(=O)CSC(CN=C=S)C(F)(F)F. The summed E-state index contributed by atoms with van der Waals surface area (Å²) in [4.78, 5) is 14.1. The van der Waals surface area contributed by atoms with Gasteiger partial charge in [-0.25, -0.2) is 4.99 Å². The molecule has 0 aliphatic heterocycles. The summed E-state index contributed by atoms with van der Waals surface area (Å²) in [7, 11) is 0. The number of carbonyl (C=O) groups is 1. The Morgan fingerprint density at radius 2 is 2.25 bits per heavy atom. The molecule has 8 heteroatoms. The number of halogens is 3. The Balaban J connectivity index is 4.22. The zero-order chi connectivity index (χ0) is 12.6. The van der Waals surface area contributed by atoms with E-state index in [9.17, 15) is 18.0 Å². The standard InChI is InChI=1S/C8H10F3NO2S2/c1-2-14-7(13)4-16-6(3-12-5-15)8(9,10)11/h6H,2-4H2,1H3. The number of thioether (sulfide) groups is 1. The first-order valence-electron chi connectivity index (χ1n) is 4.29. The van der Waals surface area contributed by atoms with E-state index in [0.717, 1.165) is 0 Å². The predicted molar refractivity (Wildman–Crippen MR) is 58.8 cm³/mol. The molecule has 0 heterocycles. The van der Waals surface area contributed by atoms with Crippen LogP contribution in [0.2, 0.25) is 0 Å². The summed E-state index contributed by atoms with van der Waals surface area (Å²) in [6.45, 7) is 1.20. The predicted octanol–water partition coefficient (Wildman–Crippen LogP) is 2.32. The zero-order valence-electron chi connectivity index (χ0n) is 8.41. The van der Waals surface area contributed by atoms with E-state index >= 15 is 0 Å². The highest BCUT2D eigenvalue weighted by Crippen LogP contribution is 2.30. The summed E-state index contributed by atoms with van der Waals surface area (Å²) in [6.07, 6.45) is -4.42. The average Bonchev–Trinajstić information content (AvgIpc) is 2.16. The summed E-state index contributed by atoms with van der Waals surface area (Å²) in [6, 6.07) is 0. The number of nitrogens with zero attached hydrogens (tertiary/aromatic N) is 1. The average molecular weight is 273 g/mol. The molecule has 0 saturated carbocycles. The Hall–Kier alpha value is -0.590. The number of esters is 1. The van der Waals surface area contributed by atoms with E-state index in [2.05, 4.69) is 21.9 Å². The van der Waals surface area contributed by atoms with Gasteiger partial charge in [-0.05, 0) is 19.1 Å².